The molecule has 1 saturated heterocycles. The third kappa shape index (κ3) is 3.58. The molecule has 0 bridgehead atoms. The van der Waals surface area contributed by atoms with E-state index in [9.17, 15) is 8.42 Å². The molecule has 0 radical (unpaired) electrons. The third-order valence-electron chi connectivity index (χ3n) is 5.91. The lowest BCUT2D eigenvalue weighted by molar-refractivity contribution is 0.453. The van der Waals surface area contributed by atoms with Gasteiger partial charge in [0, 0.05) is 37.5 Å². The van der Waals surface area contributed by atoms with Crippen molar-refractivity contribution in [2.75, 3.05) is 13.1 Å². The molecule has 5 rings (SSSR count). The van der Waals surface area contributed by atoms with Gasteiger partial charge in [0.1, 0.15) is 5.82 Å². The van der Waals surface area contributed by atoms with E-state index in [0.29, 0.717) is 30.2 Å². The SMILES string of the molecule is O=S(=O)(c1ccc2c(c1)CCC2)N1CCC(Cc2nc(-c3ccncc3)n[nH]2)C1. The molecule has 1 aromatic carbocycles. The Morgan fingerprint density at radius 2 is 1.93 bits per heavy atom. The highest BCUT2D eigenvalue weighted by atomic mass is 32.2. The molecule has 3 heterocycles. The molecule has 29 heavy (non-hydrogen) atoms. The largest absolute Gasteiger partial charge is 0.265 e. The first-order valence-electron chi connectivity index (χ1n) is 10.0. The monoisotopic (exact) mass is 409 g/mol. The first-order chi connectivity index (χ1) is 14.1. The van der Waals surface area contributed by atoms with Crippen molar-refractivity contribution in [1.29, 1.82) is 0 Å². The van der Waals surface area contributed by atoms with Crippen LogP contribution in [0.15, 0.2) is 47.6 Å². The lowest BCUT2D eigenvalue weighted by Crippen LogP contribution is -2.29. The normalized spacial score (nSPS) is 19.5. The fraction of sp³-hybridized carbons (Fsp3) is 0.381. The Kier molecular flexibility index (Phi) is 4.67. The molecule has 8 heteroatoms. The van der Waals surface area contributed by atoms with Crippen LogP contribution in [-0.2, 0) is 29.3 Å². The van der Waals surface area contributed by atoms with Crippen LogP contribution in [-0.4, -0.2) is 46.0 Å². The fourth-order valence-electron chi connectivity index (χ4n) is 4.33. The summed E-state index contributed by atoms with van der Waals surface area (Å²) in [5.74, 6) is 1.67. The van der Waals surface area contributed by atoms with E-state index in [1.165, 1.54) is 11.1 Å². The van der Waals surface area contributed by atoms with Crippen LogP contribution >= 0.6 is 0 Å². The summed E-state index contributed by atoms with van der Waals surface area (Å²) in [6, 6.07) is 9.37. The summed E-state index contributed by atoms with van der Waals surface area (Å²) in [5.41, 5.74) is 3.39. The highest BCUT2D eigenvalue weighted by molar-refractivity contribution is 7.89. The van der Waals surface area contributed by atoms with Crippen molar-refractivity contribution >= 4 is 10.0 Å². The fourth-order valence-corrected chi connectivity index (χ4v) is 5.91. The zero-order chi connectivity index (χ0) is 19.8. The van der Waals surface area contributed by atoms with Gasteiger partial charge in [0.2, 0.25) is 10.0 Å². The molecule has 7 nitrogen and oxygen atoms in total. The average molecular weight is 410 g/mol. The van der Waals surface area contributed by atoms with Gasteiger partial charge < -0.3 is 0 Å². The molecular weight excluding hydrogens is 386 g/mol. The highest BCUT2D eigenvalue weighted by Gasteiger charge is 2.33. The Bertz CT molecular complexity index is 1130. The van der Waals surface area contributed by atoms with Crippen LogP contribution in [0.3, 0.4) is 0 Å². The molecule has 3 aromatic rings. The van der Waals surface area contributed by atoms with E-state index < -0.39 is 10.0 Å². The predicted octanol–water partition coefficient (Wildman–Crippen LogP) is 2.61. The molecule has 0 amide bonds. The molecular formula is C21H23N5O2S. The minimum absolute atomic E-state index is 0.234. The minimum Gasteiger partial charge on any atom is -0.265 e. The van der Waals surface area contributed by atoms with E-state index in [2.05, 4.69) is 20.2 Å². The molecule has 2 aromatic heterocycles. The van der Waals surface area contributed by atoms with Gasteiger partial charge in [-0.1, -0.05) is 6.07 Å². The number of rotatable bonds is 5. The van der Waals surface area contributed by atoms with E-state index >= 15 is 0 Å². The lowest BCUT2D eigenvalue weighted by Gasteiger charge is -2.17. The number of benzene rings is 1. The van der Waals surface area contributed by atoms with Crippen molar-refractivity contribution in [2.45, 2.75) is 37.0 Å². The molecule has 0 saturated carbocycles. The van der Waals surface area contributed by atoms with E-state index in [1.54, 1.807) is 22.8 Å². The molecule has 0 spiro atoms. The van der Waals surface area contributed by atoms with Crippen molar-refractivity contribution in [2.24, 2.45) is 5.92 Å². The second kappa shape index (κ2) is 7.35. The molecule has 1 unspecified atom stereocenters. The van der Waals surface area contributed by atoms with Gasteiger partial charge >= 0.3 is 0 Å². The number of H-pyrrole nitrogens is 1. The predicted molar refractivity (Wildman–Crippen MR) is 109 cm³/mol. The molecule has 150 valence electrons. The number of pyridine rings is 1. The van der Waals surface area contributed by atoms with Gasteiger partial charge in [-0.15, -0.1) is 0 Å². The molecule has 1 aliphatic heterocycles. The van der Waals surface area contributed by atoms with Crippen LogP contribution in [0, 0.1) is 5.92 Å². The molecule has 1 fully saturated rings. The van der Waals surface area contributed by atoms with Crippen molar-refractivity contribution in [3.63, 3.8) is 0 Å². The number of nitrogens with zero attached hydrogens (tertiary/aromatic N) is 4. The first-order valence-corrected chi connectivity index (χ1v) is 11.5. The highest BCUT2D eigenvalue weighted by Crippen LogP contribution is 2.30. The van der Waals surface area contributed by atoms with Crippen LogP contribution in [0.1, 0.15) is 29.8 Å². The Hall–Kier alpha value is -2.58. The second-order valence-electron chi connectivity index (χ2n) is 7.85. The third-order valence-corrected chi connectivity index (χ3v) is 7.77. The Balaban J connectivity index is 1.27. The lowest BCUT2D eigenvalue weighted by atomic mass is 10.1. The standard InChI is InChI=1S/C21H23N5O2S/c27-29(28,19-5-4-16-2-1-3-18(16)13-19)26-11-8-15(14-26)12-20-23-21(25-24-20)17-6-9-22-10-7-17/h4-7,9-10,13,15H,1-3,8,11-12,14H2,(H,23,24,25). The maximum atomic E-state index is 13.1. The number of sulfonamides is 1. The van der Waals surface area contributed by atoms with Gasteiger partial charge in [-0.25, -0.2) is 13.4 Å². The summed E-state index contributed by atoms with van der Waals surface area (Å²) in [5, 5.41) is 7.28. The molecule has 1 N–H and O–H groups in total. The summed E-state index contributed by atoms with van der Waals surface area (Å²) in [6.45, 7) is 1.07. The summed E-state index contributed by atoms with van der Waals surface area (Å²) in [4.78, 5) is 9.00. The Morgan fingerprint density at radius 1 is 1.10 bits per heavy atom. The first kappa shape index (κ1) is 18.4. The van der Waals surface area contributed by atoms with Crippen LogP contribution in [0.4, 0.5) is 0 Å². The van der Waals surface area contributed by atoms with Crippen molar-refractivity contribution < 1.29 is 8.42 Å². The maximum absolute atomic E-state index is 13.1. The number of aromatic amines is 1. The van der Waals surface area contributed by atoms with Crippen molar-refractivity contribution in [1.82, 2.24) is 24.5 Å². The smallest absolute Gasteiger partial charge is 0.243 e. The van der Waals surface area contributed by atoms with E-state index in [-0.39, 0.29) is 5.92 Å². The van der Waals surface area contributed by atoms with Gasteiger partial charge in [-0.3, -0.25) is 10.1 Å². The number of fused-ring (bicyclic) bond motifs is 1. The van der Waals surface area contributed by atoms with E-state index in [1.807, 2.05) is 24.3 Å². The van der Waals surface area contributed by atoms with E-state index in [0.717, 1.165) is 37.1 Å². The summed E-state index contributed by atoms with van der Waals surface area (Å²) in [6.07, 6.45) is 8.09. The summed E-state index contributed by atoms with van der Waals surface area (Å²) >= 11 is 0. The molecule has 1 atom stereocenters. The Morgan fingerprint density at radius 3 is 2.79 bits per heavy atom. The van der Waals surface area contributed by atoms with Crippen LogP contribution in [0.25, 0.3) is 11.4 Å². The number of hydrogen-bond acceptors (Lipinski definition) is 5. The number of hydrogen-bond donors (Lipinski definition) is 1. The zero-order valence-corrected chi connectivity index (χ0v) is 16.9. The average Bonchev–Trinajstić information content (AvgIpc) is 3.49. The van der Waals surface area contributed by atoms with Gasteiger partial charge in [0.25, 0.3) is 0 Å². The van der Waals surface area contributed by atoms with Gasteiger partial charge in [0.05, 0.1) is 4.90 Å². The summed E-state index contributed by atoms with van der Waals surface area (Å²) < 4.78 is 27.8. The minimum atomic E-state index is -3.44. The van der Waals surface area contributed by atoms with Crippen molar-refractivity contribution in [3.05, 3.63) is 59.7 Å². The van der Waals surface area contributed by atoms with Crippen LogP contribution in [0.5, 0.6) is 0 Å². The van der Waals surface area contributed by atoms with Gasteiger partial charge in [0.15, 0.2) is 5.82 Å². The number of aromatic nitrogens is 4. The topological polar surface area (TPSA) is 91.8 Å². The summed E-state index contributed by atoms with van der Waals surface area (Å²) in [7, 11) is -3.44. The van der Waals surface area contributed by atoms with Gasteiger partial charge in [-0.2, -0.15) is 9.40 Å². The van der Waals surface area contributed by atoms with Crippen LogP contribution in [0.2, 0.25) is 0 Å². The van der Waals surface area contributed by atoms with Gasteiger partial charge in [-0.05, 0) is 67.0 Å². The van der Waals surface area contributed by atoms with Crippen molar-refractivity contribution in [3.8, 4) is 11.4 Å². The maximum Gasteiger partial charge on any atom is 0.243 e. The second-order valence-corrected chi connectivity index (χ2v) is 9.79. The Labute approximate surface area is 170 Å². The van der Waals surface area contributed by atoms with E-state index in [4.69, 9.17) is 0 Å². The van der Waals surface area contributed by atoms with Crippen LogP contribution < -0.4 is 0 Å². The number of nitrogens with one attached hydrogen (secondary N) is 1. The zero-order valence-electron chi connectivity index (χ0n) is 16.1. The quantitative estimate of drug-likeness (QED) is 0.699. The number of aryl methyl sites for hydroxylation is 2. The molecule has 2 aliphatic rings. The molecule has 1 aliphatic carbocycles.